The molecule has 0 saturated carbocycles. The minimum Gasteiger partial charge on any atom is -0.493 e. The van der Waals surface area contributed by atoms with Crippen LogP contribution in [0.1, 0.15) is 29.5 Å². The van der Waals surface area contributed by atoms with Gasteiger partial charge < -0.3 is 9.94 Å². The summed E-state index contributed by atoms with van der Waals surface area (Å²) in [5, 5.41) is 12.3. The van der Waals surface area contributed by atoms with Gasteiger partial charge >= 0.3 is 0 Å². The maximum absolute atomic E-state index is 8.94. The van der Waals surface area contributed by atoms with Gasteiger partial charge in [-0.05, 0) is 42.5 Å². The van der Waals surface area contributed by atoms with Crippen LogP contribution >= 0.6 is 0 Å². The van der Waals surface area contributed by atoms with Crippen LogP contribution in [-0.2, 0) is 12.8 Å². The lowest BCUT2D eigenvalue weighted by molar-refractivity contribution is 0.317. The first kappa shape index (κ1) is 8.77. The molecule has 3 rings (SSSR count). The highest BCUT2D eigenvalue weighted by Crippen LogP contribution is 2.32. The third kappa shape index (κ3) is 1.30. The van der Waals surface area contributed by atoms with E-state index >= 15 is 0 Å². The summed E-state index contributed by atoms with van der Waals surface area (Å²) in [4.78, 5) is 0. The maximum Gasteiger partial charge on any atom is 0.122 e. The summed E-state index contributed by atoms with van der Waals surface area (Å²) in [5.41, 5.74) is 4.45. The zero-order chi connectivity index (χ0) is 10.3. The van der Waals surface area contributed by atoms with Crippen molar-refractivity contribution in [2.45, 2.75) is 25.7 Å². The molecule has 0 saturated heterocycles. The average molecular weight is 203 g/mol. The van der Waals surface area contributed by atoms with Crippen molar-refractivity contribution in [2.75, 3.05) is 6.61 Å². The molecule has 0 aromatic heterocycles. The Hall–Kier alpha value is -1.51. The molecule has 0 atom stereocenters. The number of aryl methyl sites for hydroxylation is 1. The van der Waals surface area contributed by atoms with E-state index in [-0.39, 0.29) is 0 Å². The number of nitrogens with zero attached hydrogens (tertiary/aromatic N) is 1. The molecule has 1 aromatic rings. The molecular formula is C12H13NO2. The Morgan fingerprint density at radius 1 is 1.13 bits per heavy atom. The second-order valence-corrected chi connectivity index (χ2v) is 4.12. The number of oxime groups is 1. The highest BCUT2D eigenvalue weighted by molar-refractivity contribution is 6.02. The zero-order valence-corrected chi connectivity index (χ0v) is 8.49. The molecule has 0 unspecified atom stereocenters. The fourth-order valence-electron chi connectivity index (χ4n) is 2.43. The Kier molecular flexibility index (Phi) is 1.91. The van der Waals surface area contributed by atoms with Gasteiger partial charge in [0.25, 0.3) is 0 Å². The molecule has 2 aliphatic rings. The lowest BCUT2D eigenvalue weighted by Crippen LogP contribution is -2.12. The number of rotatable bonds is 0. The number of hydrogen-bond donors (Lipinski definition) is 1. The maximum atomic E-state index is 8.94. The standard InChI is InChI=1S/C12H13NO2/c14-13-11-3-1-2-8-7-12-9(4-5-15-12)6-10(8)11/h6-7,14H,1-5H2/b13-11+. The van der Waals surface area contributed by atoms with Crippen LogP contribution in [0, 0.1) is 0 Å². The van der Waals surface area contributed by atoms with Crippen molar-refractivity contribution in [3.05, 3.63) is 28.8 Å². The van der Waals surface area contributed by atoms with E-state index in [4.69, 9.17) is 9.94 Å². The monoisotopic (exact) mass is 203 g/mol. The van der Waals surface area contributed by atoms with E-state index in [0.29, 0.717) is 0 Å². The minimum absolute atomic E-state index is 0.782. The Morgan fingerprint density at radius 3 is 2.93 bits per heavy atom. The number of fused-ring (bicyclic) bond motifs is 2. The second-order valence-electron chi connectivity index (χ2n) is 4.12. The van der Waals surface area contributed by atoms with Gasteiger partial charge in [0.2, 0.25) is 0 Å². The van der Waals surface area contributed by atoms with Crippen LogP contribution in [0.25, 0.3) is 0 Å². The second kappa shape index (κ2) is 3.26. The van der Waals surface area contributed by atoms with Crippen molar-refractivity contribution < 1.29 is 9.94 Å². The van der Waals surface area contributed by atoms with Gasteiger partial charge in [-0.3, -0.25) is 0 Å². The van der Waals surface area contributed by atoms with Crippen molar-refractivity contribution in [2.24, 2.45) is 5.16 Å². The van der Waals surface area contributed by atoms with Gasteiger partial charge in [0, 0.05) is 12.0 Å². The molecule has 3 nitrogen and oxygen atoms in total. The Bertz CT molecular complexity index is 437. The summed E-state index contributed by atoms with van der Waals surface area (Å²) in [6, 6.07) is 4.24. The molecule has 1 aliphatic heterocycles. The van der Waals surface area contributed by atoms with Gasteiger partial charge in [0.15, 0.2) is 0 Å². The highest BCUT2D eigenvalue weighted by atomic mass is 16.5. The first-order chi connectivity index (χ1) is 7.38. The zero-order valence-electron chi connectivity index (χ0n) is 8.49. The van der Waals surface area contributed by atoms with Crippen LogP contribution < -0.4 is 4.74 Å². The van der Waals surface area contributed by atoms with Gasteiger partial charge in [0.05, 0.1) is 12.3 Å². The molecule has 1 aliphatic carbocycles. The van der Waals surface area contributed by atoms with E-state index in [1.165, 1.54) is 11.1 Å². The fraction of sp³-hybridized carbons (Fsp3) is 0.417. The van der Waals surface area contributed by atoms with Crippen LogP contribution in [0.2, 0.25) is 0 Å². The molecule has 0 radical (unpaired) electrons. The number of hydrogen-bond acceptors (Lipinski definition) is 3. The van der Waals surface area contributed by atoms with Crippen molar-refractivity contribution in [3.63, 3.8) is 0 Å². The van der Waals surface area contributed by atoms with E-state index in [1.807, 2.05) is 0 Å². The van der Waals surface area contributed by atoms with E-state index in [0.717, 1.165) is 49.3 Å². The van der Waals surface area contributed by atoms with Crippen LogP contribution in [0.5, 0.6) is 5.75 Å². The van der Waals surface area contributed by atoms with E-state index in [9.17, 15) is 0 Å². The lowest BCUT2D eigenvalue weighted by atomic mass is 9.88. The van der Waals surface area contributed by atoms with Gasteiger partial charge in [-0.15, -0.1) is 0 Å². The molecule has 0 fully saturated rings. The largest absolute Gasteiger partial charge is 0.493 e. The van der Waals surface area contributed by atoms with Gasteiger partial charge in [-0.2, -0.15) is 0 Å². The van der Waals surface area contributed by atoms with Gasteiger partial charge in [-0.25, -0.2) is 0 Å². The highest BCUT2D eigenvalue weighted by Gasteiger charge is 2.21. The Balaban J connectivity index is 2.16. The molecule has 1 heterocycles. The summed E-state index contributed by atoms with van der Waals surface area (Å²) < 4.78 is 5.53. The predicted molar refractivity (Wildman–Crippen MR) is 56.9 cm³/mol. The normalized spacial score (nSPS) is 20.9. The quantitative estimate of drug-likeness (QED) is 0.518. The summed E-state index contributed by atoms with van der Waals surface area (Å²) in [5.74, 6) is 1.02. The summed E-state index contributed by atoms with van der Waals surface area (Å²) in [7, 11) is 0. The molecule has 1 N–H and O–H groups in total. The van der Waals surface area contributed by atoms with Crippen LogP contribution in [0.3, 0.4) is 0 Å². The molecule has 15 heavy (non-hydrogen) atoms. The summed E-state index contributed by atoms with van der Waals surface area (Å²) in [6.07, 6.45) is 3.97. The molecule has 3 heteroatoms. The average Bonchev–Trinajstić information content (AvgIpc) is 2.72. The van der Waals surface area contributed by atoms with Crippen molar-refractivity contribution in [1.82, 2.24) is 0 Å². The number of benzene rings is 1. The van der Waals surface area contributed by atoms with Crippen molar-refractivity contribution >= 4 is 5.71 Å². The third-order valence-electron chi connectivity index (χ3n) is 3.21. The van der Waals surface area contributed by atoms with Crippen LogP contribution in [0.4, 0.5) is 0 Å². The van der Waals surface area contributed by atoms with E-state index in [2.05, 4.69) is 17.3 Å². The summed E-state index contributed by atoms with van der Waals surface area (Å²) >= 11 is 0. The van der Waals surface area contributed by atoms with Crippen LogP contribution in [0.15, 0.2) is 17.3 Å². The number of ether oxygens (including phenoxy) is 1. The molecule has 1 aromatic carbocycles. The molecular weight excluding hydrogens is 190 g/mol. The van der Waals surface area contributed by atoms with Crippen molar-refractivity contribution in [1.29, 1.82) is 0 Å². The molecule has 0 amide bonds. The Morgan fingerprint density at radius 2 is 2.07 bits per heavy atom. The van der Waals surface area contributed by atoms with Gasteiger partial charge in [0.1, 0.15) is 5.75 Å². The van der Waals surface area contributed by atoms with E-state index in [1.54, 1.807) is 0 Å². The summed E-state index contributed by atoms with van der Waals surface area (Å²) in [6.45, 7) is 0.782. The van der Waals surface area contributed by atoms with Gasteiger partial charge in [-0.1, -0.05) is 5.16 Å². The SMILES string of the molecule is O/N=C1\CCCc2cc3c(cc21)CCO3. The van der Waals surface area contributed by atoms with E-state index < -0.39 is 0 Å². The Labute approximate surface area is 88.4 Å². The minimum atomic E-state index is 0.782. The first-order valence-corrected chi connectivity index (χ1v) is 5.38. The molecule has 0 spiro atoms. The first-order valence-electron chi connectivity index (χ1n) is 5.38. The topological polar surface area (TPSA) is 41.8 Å². The fourth-order valence-corrected chi connectivity index (χ4v) is 2.43. The smallest absolute Gasteiger partial charge is 0.122 e. The molecule has 78 valence electrons. The predicted octanol–water partition coefficient (Wildman–Crippen LogP) is 2.14. The molecule has 0 bridgehead atoms. The van der Waals surface area contributed by atoms with Crippen molar-refractivity contribution in [3.8, 4) is 5.75 Å². The van der Waals surface area contributed by atoms with Crippen LogP contribution in [-0.4, -0.2) is 17.5 Å². The lowest BCUT2D eigenvalue weighted by Gasteiger charge is -2.17. The third-order valence-corrected chi connectivity index (χ3v) is 3.21.